The van der Waals surface area contributed by atoms with Gasteiger partial charge >= 0.3 is 0 Å². The van der Waals surface area contributed by atoms with Crippen molar-refractivity contribution in [3.05, 3.63) is 96.3 Å². The maximum absolute atomic E-state index is 13.3. The van der Waals surface area contributed by atoms with E-state index >= 15 is 0 Å². The fraction of sp³-hybridized carbons (Fsp3) is 0.0870. The van der Waals surface area contributed by atoms with Gasteiger partial charge < -0.3 is 9.73 Å². The minimum atomic E-state index is -4.00. The quantitative estimate of drug-likeness (QED) is 0.426. The van der Waals surface area contributed by atoms with Crippen LogP contribution in [0.25, 0.3) is 11.5 Å². The van der Waals surface area contributed by atoms with Crippen LogP contribution in [0.1, 0.15) is 5.56 Å². The SMILES string of the molecule is O=S(=O)(c1ccc(F)cc1)c1nc(-c2ccccc2)oc1NCCc1ccccc1. The van der Waals surface area contributed by atoms with Crippen molar-refractivity contribution >= 4 is 15.7 Å². The molecule has 3 aromatic carbocycles. The fourth-order valence-electron chi connectivity index (χ4n) is 2.99. The Labute approximate surface area is 174 Å². The summed E-state index contributed by atoms with van der Waals surface area (Å²) in [4.78, 5) is 4.21. The molecule has 0 aliphatic rings. The first-order valence-electron chi connectivity index (χ1n) is 9.39. The molecule has 0 bridgehead atoms. The molecule has 0 fully saturated rings. The van der Waals surface area contributed by atoms with Crippen molar-refractivity contribution in [2.45, 2.75) is 16.3 Å². The minimum absolute atomic E-state index is 0.0529. The zero-order valence-corrected chi connectivity index (χ0v) is 16.8. The summed E-state index contributed by atoms with van der Waals surface area (Å²) in [7, 11) is -4.00. The van der Waals surface area contributed by atoms with E-state index in [2.05, 4.69) is 10.3 Å². The normalized spacial score (nSPS) is 11.4. The molecule has 30 heavy (non-hydrogen) atoms. The Morgan fingerprint density at radius 1 is 0.867 bits per heavy atom. The summed E-state index contributed by atoms with van der Waals surface area (Å²) in [6.07, 6.45) is 0.679. The number of rotatable bonds is 7. The van der Waals surface area contributed by atoms with E-state index in [0.717, 1.165) is 17.7 Å². The third kappa shape index (κ3) is 4.26. The average molecular weight is 422 g/mol. The number of hydrogen-bond acceptors (Lipinski definition) is 5. The van der Waals surface area contributed by atoms with Gasteiger partial charge in [0.05, 0.1) is 4.90 Å². The number of nitrogens with zero attached hydrogens (tertiary/aromatic N) is 1. The summed E-state index contributed by atoms with van der Waals surface area (Å²) in [5, 5.41) is 2.84. The van der Waals surface area contributed by atoms with Gasteiger partial charge in [-0.2, -0.15) is 4.98 Å². The lowest BCUT2D eigenvalue weighted by Crippen LogP contribution is -2.09. The number of nitrogens with one attached hydrogen (secondary N) is 1. The van der Waals surface area contributed by atoms with E-state index < -0.39 is 15.7 Å². The van der Waals surface area contributed by atoms with Crippen molar-refractivity contribution in [3.63, 3.8) is 0 Å². The maximum atomic E-state index is 13.3. The maximum Gasteiger partial charge on any atom is 0.233 e. The minimum Gasteiger partial charge on any atom is -0.419 e. The smallest absolute Gasteiger partial charge is 0.233 e. The van der Waals surface area contributed by atoms with E-state index in [1.165, 1.54) is 12.1 Å². The van der Waals surface area contributed by atoms with Crippen LogP contribution in [0.3, 0.4) is 0 Å². The Morgan fingerprint density at radius 3 is 2.17 bits per heavy atom. The van der Waals surface area contributed by atoms with Crippen molar-refractivity contribution in [2.75, 3.05) is 11.9 Å². The van der Waals surface area contributed by atoms with Crippen LogP contribution >= 0.6 is 0 Å². The highest BCUT2D eigenvalue weighted by Crippen LogP contribution is 2.32. The van der Waals surface area contributed by atoms with E-state index in [9.17, 15) is 12.8 Å². The van der Waals surface area contributed by atoms with E-state index in [-0.39, 0.29) is 21.7 Å². The molecule has 1 aromatic heterocycles. The summed E-state index contributed by atoms with van der Waals surface area (Å²) >= 11 is 0. The van der Waals surface area contributed by atoms with Crippen molar-refractivity contribution < 1.29 is 17.2 Å². The molecule has 4 aromatic rings. The molecule has 152 valence electrons. The summed E-state index contributed by atoms with van der Waals surface area (Å²) in [6.45, 7) is 0.458. The molecule has 1 N–H and O–H groups in total. The van der Waals surface area contributed by atoms with Crippen LogP contribution in [-0.2, 0) is 16.3 Å². The molecular weight excluding hydrogens is 403 g/mol. The number of anilines is 1. The summed E-state index contributed by atoms with van der Waals surface area (Å²) in [5.41, 5.74) is 1.76. The molecule has 0 aliphatic heterocycles. The second-order valence-corrected chi connectivity index (χ2v) is 8.50. The van der Waals surface area contributed by atoms with Gasteiger partial charge in [-0.05, 0) is 48.4 Å². The molecule has 7 heteroatoms. The molecule has 0 atom stereocenters. The summed E-state index contributed by atoms with van der Waals surface area (Å²) < 4.78 is 45.4. The van der Waals surface area contributed by atoms with Crippen LogP contribution < -0.4 is 5.32 Å². The third-order valence-corrected chi connectivity index (χ3v) is 6.22. The largest absolute Gasteiger partial charge is 0.419 e. The van der Waals surface area contributed by atoms with E-state index in [0.29, 0.717) is 18.5 Å². The monoisotopic (exact) mass is 422 g/mol. The van der Waals surface area contributed by atoms with Crippen LogP contribution in [0.15, 0.2) is 99.3 Å². The lowest BCUT2D eigenvalue weighted by atomic mass is 10.1. The zero-order valence-electron chi connectivity index (χ0n) is 16.0. The second-order valence-electron chi connectivity index (χ2n) is 6.64. The number of sulfone groups is 1. The van der Waals surface area contributed by atoms with Crippen LogP contribution in [0.4, 0.5) is 10.3 Å². The van der Waals surface area contributed by atoms with Gasteiger partial charge in [-0.15, -0.1) is 0 Å². The first-order valence-corrected chi connectivity index (χ1v) is 10.9. The summed E-state index contributed by atoms with van der Waals surface area (Å²) in [5.74, 6) is -0.257. The molecular formula is C23H19FN2O3S. The highest BCUT2D eigenvalue weighted by atomic mass is 32.2. The Morgan fingerprint density at radius 2 is 1.50 bits per heavy atom. The van der Waals surface area contributed by atoms with Gasteiger partial charge in [0.25, 0.3) is 0 Å². The van der Waals surface area contributed by atoms with Gasteiger partial charge in [-0.1, -0.05) is 48.5 Å². The molecule has 5 nitrogen and oxygen atoms in total. The summed E-state index contributed by atoms with van der Waals surface area (Å²) in [6, 6.07) is 23.5. The number of benzene rings is 3. The fourth-order valence-corrected chi connectivity index (χ4v) is 4.27. The molecule has 0 saturated carbocycles. The Hall–Kier alpha value is -3.45. The molecule has 0 saturated heterocycles. The first-order chi connectivity index (χ1) is 14.5. The van der Waals surface area contributed by atoms with Crippen LogP contribution in [0.2, 0.25) is 0 Å². The number of aromatic nitrogens is 1. The zero-order chi connectivity index (χ0) is 21.0. The van der Waals surface area contributed by atoms with Crippen LogP contribution in [0.5, 0.6) is 0 Å². The van der Waals surface area contributed by atoms with E-state index in [1.54, 1.807) is 12.1 Å². The van der Waals surface area contributed by atoms with Gasteiger partial charge in [-0.3, -0.25) is 0 Å². The predicted molar refractivity (Wildman–Crippen MR) is 112 cm³/mol. The van der Waals surface area contributed by atoms with Gasteiger partial charge in [0.1, 0.15) is 5.82 Å². The molecule has 4 rings (SSSR count). The number of oxazole rings is 1. The van der Waals surface area contributed by atoms with Gasteiger partial charge in [-0.25, -0.2) is 12.8 Å². The van der Waals surface area contributed by atoms with Crippen LogP contribution in [0, 0.1) is 5.82 Å². The molecule has 0 aliphatic carbocycles. The van der Waals surface area contributed by atoms with E-state index in [1.807, 2.05) is 48.5 Å². The third-order valence-electron chi connectivity index (χ3n) is 4.54. The lowest BCUT2D eigenvalue weighted by Gasteiger charge is -2.06. The Balaban J connectivity index is 1.68. The number of halogens is 1. The number of hydrogen-bond donors (Lipinski definition) is 1. The first kappa shape index (κ1) is 19.8. The molecule has 0 spiro atoms. The topological polar surface area (TPSA) is 72.2 Å². The highest BCUT2D eigenvalue weighted by Gasteiger charge is 2.28. The van der Waals surface area contributed by atoms with Crippen molar-refractivity contribution in [3.8, 4) is 11.5 Å². The van der Waals surface area contributed by atoms with Crippen molar-refractivity contribution in [1.82, 2.24) is 4.98 Å². The molecule has 0 amide bonds. The molecule has 1 heterocycles. The van der Waals surface area contributed by atoms with Crippen molar-refractivity contribution in [2.24, 2.45) is 0 Å². The van der Waals surface area contributed by atoms with Crippen LogP contribution in [-0.4, -0.2) is 19.9 Å². The van der Waals surface area contributed by atoms with E-state index in [4.69, 9.17) is 4.42 Å². The standard InChI is InChI=1S/C23H19FN2O3S/c24-19-11-13-20(14-12-19)30(27,28)23-22(25-16-15-17-7-3-1-4-8-17)29-21(26-23)18-9-5-2-6-10-18/h1-14,25H,15-16H2. The van der Waals surface area contributed by atoms with Gasteiger partial charge in [0, 0.05) is 12.1 Å². The van der Waals surface area contributed by atoms with Gasteiger partial charge in [0.2, 0.25) is 26.6 Å². The Kier molecular flexibility index (Phi) is 5.63. The Bertz CT molecular complexity index is 1220. The predicted octanol–water partition coefficient (Wildman–Crippen LogP) is 4.97. The lowest BCUT2D eigenvalue weighted by molar-refractivity contribution is 0.576. The molecule has 0 radical (unpaired) electrons. The van der Waals surface area contributed by atoms with Crippen molar-refractivity contribution in [1.29, 1.82) is 0 Å². The molecule has 0 unspecified atom stereocenters. The van der Waals surface area contributed by atoms with Gasteiger partial charge in [0.15, 0.2) is 0 Å². The second kappa shape index (κ2) is 8.51. The average Bonchev–Trinajstić information content (AvgIpc) is 3.21. The highest BCUT2D eigenvalue weighted by molar-refractivity contribution is 7.91.